The number of hydrogen-bond acceptors (Lipinski definition) is 19. The van der Waals surface area contributed by atoms with Gasteiger partial charge in [0.15, 0.2) is 17.7 Å². The molecule has 2 aromatic rings. The summed E-state index contributed by atoms with van der Waals surface area (Å²) in [5.74, 6) is -1.31. The largest absolute Gasteiger partial charge is 0.481 e. The molecule has 29 heteroatoms. The van der Waals surface area contributed by atoms with Crippen LogP contribution in [0.2, 0.25) is 0 Å². The van der Waals surface area contributed by atoms with E-state index in [2.05, 4.69) is 40.5 Å². The first kappa shape index (κ1) is 52.6. The standard InChI is InChI=1S/C32H54N7O18P3S/c1-4-5-6-7-8-9-10-11-20(40)31(45)61-15-14-34-22(41)12-13-35-29(44)26(43)32(2,3)17-54-60(51,52)57-59(49,50)53-16-21-25(56-58(46,47)48)24(42)30(55-21)39-19-38-23-27(33)36-18-37-28(23)39/h4-5,18-21,24-26,30,40,42-43H,6-17H2,1-3H3,(H,34,41)(H,35,44)(H,49,50)(H,51,52)(H2,33,36,37)(H2,46,47,48)/b5-4+. The van der Waals surface area contributed by atoms with E-state index in [1.165, 1.54) is 13.8 Å². The summed E-state index contributed by atoms with van der Waals surface area (Å²) >= 11 is 0.894. The molecule has 11 N–H and O–H groups in total. The van der Waals surface area contributed by atoms with Crippen LogP contribution in [-0.4, -0.2) is 134 Å². The van der Waals surface area contributed by atoms with Gasteiger partial charge >= 0.3 is 23.5 Å². The summed E-state index contributed by atoms with van der Waals surface area (Å²) in [5, 5.41) is 36.1. The van der Waals surface area contributed by atoms with E-state index in [0.29, 0.717) is 6.42 Å². The molecular weight excluding hydrogens is 895 g/mol. The van der Waals surface area contributed by atoms with E-state index in [1.807, 2.05) is 13.0 Å². The van der Waals surface area contributed by atoms with Crippen molar-refractivity contribution in [1.29, 1.82) is 0 Å². The van der Waals surface area contributed by atoms with Crippen LogP contribution in [0.15, 0.2) is 24.8 Å². The molecule has 346 valence electrons. The van der Waals surface area contributed by atoms with Crippen LogP contribution < -0.4 is 16.4 Å². The van der Waals surface area contributed by atoms with Crippen LogP contribution in [-0.2, 0) is 50.7 Å². The van der Waals surface area contributed by atoms with Gasteiger partial charge < -0.3 is 56.0 Å². The van der Waals surface area contributed by atoms with E-state index in [0.717, 1.165) is 61.1 Å². The van der Waals surface area contributed by atoms with E-state index in [1.54, 1.807) is 0 Å². The summed E-state index contributed by atoms with van der Waals surface area (Å²) in [6.45, 7) is 2.29. The molecule has 0 spiro atoms. The van der Waals surface area contributed by atoms with Crippen molar-refractivity contribution in [3.63, 3.8) is 0 Å². The van der Waals surface area contributed by atoms with Gasteiger partial charge in [0, 0.05) is 30.7 Å². The molecule has 0 saturated carbocycles. The van der Waals surface area contributed by atoms with Crippen LogP contribution in [0.3, 0.4) is 0 Å². The summed E-state index contributed by atoms with van der Waals surface area (Å²) in [6, 6.07) is 0. The molecule has 1 saturated heterocycles. The molecule has 0 aliphatic carbocycles. The van der Waals surface area contributed by atoms with Gasteiger partial charge in [-0.2, -0.15) is 4.31 Å². The maximum Gasteiger partial charge on any atom is 0.481 e. The molecule has 0 bridgehead atoms. The quantitative estimate of drug-likeness (QED) is 0.0338. The topological polar surface area (TPSA) is 384 Å². The first-order chi connectivity index (χ1) is 28.5. The van der Waals surface area contributed by atoms with E-state index < -0.39 is 90.7 Å². The van der Waals surface area contributed by atoms with Crippen molar-refractivity contribution in [1.82, 2.24) is 30.2 Å². The van der Waals surface area contributed by atoms with Gasteiger partial charge in [0.05, 0.1) is 19.5 Å². The number of allylic oxidation sites excluding steroid dienone is 2. The van der Waals surface area contributed by atoms with Crippen molar-refractivity contribution in [3.8, 4) is 0 Å². The Morgan fingerprint density at radius 2 is 1.70 bits per heavy atom. The Bertz CT molecular complexity index is 1950. The Morgan fingerprint density at radius 1 is 1.02 bits per heavy atom. The molecule has 1 aliphatic rings. The number of imidazole rings is 1. The molecule has 1 fully saturated rings. The molecule has 3 heterocycles. The Kier molecular flexibility index (Phi) is 20.5. The number of ether oxygens (including phenoxy) is 1. The van der Waals surface area contributed by atoms with Crippen molar-refractivity contribution in [2.75, 3.05) is 37.8 Å². The average molecular weight is 950 g/mol. The first-order valence-electron chi connectivity index (χ1n) is 18.8. The van der Waals surface area contributed by atoms with Crippen molar-refractivity contribution < 1.29 is 85.6 Å². The van der Waals surface area contributed by atoms with Gasteiger partial charge in [-0.15, -0.1) is 0 Å². The number of amides is 2. The maximum absolute atomic E-state index is 12.7. The number of nitrogens with one attached hydrogen (secondary N) is 2. The average Bonchev–Trinajstić information content (AvgIpc) is 3.73. The monoisotopic (exact) mass is 949 g/mol. The molecule has 2 amide bonds. The summed E-state index contributed by atoms with van der Waals surface area (Å²) < 4.78 is 62.2. The zero-order chi connectivity index (χ0) is 45.6. The smallest absolute Gasteiger partial charge is 0.386 e. The van der Waals surface area contributed by atoms with E-state index in [9.17, 15) is 63.0 Å². The highest BCUT2D eigenvalue weighted by Gasteiger charge is 2.50. The fourth-order valence-corrected chi connectivity index (χ4v) is 9.16. The number of nitrogen functional groups attached to an aromatic ring is 1. The number of phosphoric acid groups is 3. The van der Waals surface area contributed by atoms with Gasteiger partial charge in [0.25, 0.3) is 0 Å². The minimum atomic E-state index is -5.58. The van der Waals surface area contributed by atoms with Crippen molar-refractivity contribution in [3.05, 3.63) is 24.8 Å². The maximum atomic E-state index is 12.7. The fourth-order valence-electron chi connectivity index (χ4n) is 5.62. The lowest BCUT2D eigenvalue weighted by atomic mass is 9.87. The molecule has 1 aliphatic heterocycles. The zero-order valence-electron chi connectivity index (χ0n) is 33.5. The molecule has 61 heavy (non-hydrogen) atoms. The Hall–Kier alpha value is -2.74. The van der Waals surface area contributed by atoms with Crippen LogP contribution in [0.1, 0.15) is 71.9 Å². The van der Waals surface area contributed by atoms with Crippen molar-refractivity contribution in [2.45, 2.75) is 102 Å². The third kappa shape index (κ3) is 17.4. The van der Waals surface area contributed by atoms with E-state index in [-0.39, 0.29) is 47.4 Å². The number of nitrogens with two attached hydrogens (primary N) is 1. The van der Waals surface area contributed by atoms with E-state index in [4.69, 9.17) is 19.5 Å². The molecule has 25 nitrogen and oxygen atoms in total. The van der Waals surface area contributed by atoms with Gasteiger partial charge in [-0.1, -0.05) is 57.0 Å². The number of fused-ring (bicyclic) bond motifs is 1. The van der Waals surface area contributed by atoms with Gasteiger partial charge in [0.2, 0.25) is 16.9 Å². The lowest BCUT2D eigenvalue weighted by Gasteiger charge is -2.30. The van der Waals surface area contributed by atoms with Crippen LogP contribution in [0, 0.1) is 5.41 Å². The predicted molar refractivity (Wildman–Crippen MR) is 216 cm³/mol. The summed E-state index contributed by atoms with van der Waals surface area (Å²) in [6.07, 6.45) is 1.04. The van der Waals surface area contributed by atoms with Crippen LogP contribution in [0.5, 0.6) is 0 Å². The Balaban J connectivity index is 1.41. The number of phosphoric ester groups is 3. The fraction of sp³-hybridized carbons (Fsp3) is 0.688. The highest BCUT2D eigenvalue weighted by Crippen LogP contribution is 2.61. The molecule has 0 aromatic carbocycles. The predicted octanol–water partition coefficient (Wildman–Crippen LogP) is 0.942. The number of thioether (sulfide) groups is 1. The summed E-state index contributed by atoms with van der Waals surface area (Å²) in [5.41, 5.74) is 4.24. The molecule has 3 rings (SSSR count). The van der Waals surface area contributed by atoms with Gasteiger partial charge in [0.1, 0.15) is 42.4 Å². The molecule has 2 aromatic heterocycles. The highest BCUT2D eigenvalue weighted by atomic mass is 32.2. The number of rotatable bonds is 27. The van der Waals surface area contributed by atoms with Gasteiger partial charge in [-0.25, -0.2) is 28.6 Å². The van der Waals surface area contributed by atoms with Crippen LogP contribution in [0.25, 0.3) is 11.2 Å². The minimum absolute atomic E-state index is 0.0260. The minimum Gasteiger partial charge on any atom is -0.386 e. The highest BCUT2D eigenvalue weighted by molar-refractivity contribution is 8.13. The van der Waals surface area contributed by atoms with Gasteiger partial charge in [-0.05, 0) is 26.2 Å². The van der Waals surface area contributed by atoms with Crippen molar-refractivity contribution in [2.24, 2.45) is 5.41 Å². The summed E-state index contributed by atoms with van der Waals surface area (Å²) in [7, 11) is -16.4. The normalized spacial score (nSPS) is 21.5. The third-order valence-corrected chi connectivity index (χ3v) is 12.9. The molecule has 8 unspecified atom stereocenters. The molecule has 0 radical (unpaired) electrons. The van der Waals surface area contributed by atoms with Crippen LogP contribution >= 0.6 is 35.2 Å². The second kappa shape index (κ2) is 23.8. The third-order valence-electron chi connectivity index (χ3n) is 8.85. The number of nitrogens with zero attached hydrogens (tertiary/aromatic N) is 4. The second-order valence-corrected chi connectivity index (χ2v) is 19.6. The van der Waals surface area contributed by atoms with E-state index >= 15 is 0 Å². The zero-order valence-corrected chi connectivity index (χ0v) is 37.0. The summed E-state index contributed by atoms with van der Waals surface area (Å²) in [4.78, 5) is 88.0. The lowest BCUT2D eigenvalue weighted by molar-refractivity contribution is -0.137. The Labute approximate surface area is 354 Å². The van der Waals surface area contributed by atoms with Crippen molar-refractivity contribution >= 4 is 69.1 Å². The second-order valence-electron chi connectivity index (χ2n) is 14.3. The lowest BCUT2D eigenvalue weighted by Crippen LogP contribution is -2.46. The SMILES string of the molecule is C/C=C/CCCCCCC(O)C(=O)SCCNC(=O)CCNC(=O)C(O)C(C)(C)COP(=O)(O)OP(=O)(O)OCC1OC(n2cnc3c(N)ncnc32)C(O)C1OP(=O)(O)O. The van der Waals surface area contributed by atoms with Crippen LogP contribution in [0.4, 0.5) is 5.82 Å². The number of aliphatic hydroxyl groups is 3. The Morgan fingerprint density at radius 3 is 2.39 bits per heavy atom. The number of carbonyl (C=O) groups is 3. The van der Waals surface area contributed by atoms with Gasteiger partial charge in [-0.3, -0.25) is 32.5 Å². The number of carbonyl (C=O) groups excluding carboxylic acids is 3. The number of aromatic nitrogens is 4. The first-order valence-corrected chi connectivity index (χ1v) is 24.3. The molecule has 8 atom stereocenters. The number of anilines is 1. The number of unbranched alkanes of at least 4 members (excludes halogenated alkanes) is 4. The molecular formula is C32H54N7O18P3S. The number of hydrogen-bond donors (Lipinski definition) is 10. The number of aliphatic hydroxyl groups excluding tert-OH is 3.